The van der Waals surface area contributed by atoms with E-state index in [2.05, 4.69) is 0 Å². The fourth-order valence-corrected chi connectivity index (χ4v) is 2.21. The Morgan fingerprint density at radius 1 is 1.00 bits per heavy atom. The van der Waals surface area contributed by atoms with Crippen molar-refractivity contribution < 1.29 is 19.4 Å². The second-order valence-corrected chi connectivity index (χ2v) is 4.91. The van der Waals surface area contributed by atoms with Gasteiger partial charge in [0.25, 0.3) is 0 Å². The third kappa shape index (κ3) is 3.95. The van der Waals surface area contributed by atoms with Crippen molar-refractivity contribution in [2.24, 2.45) is 5.92 Å². The first-order valence-corrected chi connectivity index (χ1v) is 7.15. The Morgan fingerprint density at radius 2 is 1.59 bits per heavy atom. The maximum Gasteiger partial charge on any atom is 0.320 e. The van der Waals surface area contributed by atoms with Crippen molar-refractivity contribution in [1.29, 1.82) is 0 Å². The molecule has 2 aromatic carbocycles. The van der Waals surface area contributed by atoms with Gasteiger partial charge in [-0.25, -0.2) is 0 Å². The third-order valence-electron chi connectivity index (χ3n) is 3.37. The summed E-state index contributed by atoms with van der Waals surface area (Å²) in [6, 6.07) is 17.4. The Morgan fingerprint density at radius 3 is 2.14 bits per heavy atom. The fourth-order valence-electron chi connectivity index (χ4n) is 2.21. The van der Waals surface area contributed by atoms with E-state index in [-0.39, 0.29) is 13.0 Å². The predicted octanol–water partition coefficient (Wildman–Crippen LogP) is 3.16. The Bertz CT molecular complexity index is 632. The quantitative estimate of drug-likeness (QED) is 0.657. The van der Waals surface area contributed by atoms with Crippen molar-refractivity contribution >= 4 is 11.9 Å². The molecule has 0 aliphatic carbocycles. The molecule has 0 fully saturated rings. The average Bonchev–Trinajstić information content (AvgIpc) is 2.54. The number of carboxylic acids is 1. The number of carboxylic acid groups (broad SMARTS) is 1. The van der Waals surface area contributed by atoms with Crippen LogP contribution in [0.3, 0.4) is 0 Å². The van der Waals surface area contributed by atoms with Gasteiger partial charge >= 0.3 is 11.9 Å². The minimum absolute atomic E-state index is 0.128. The van der Waals surface area contributed by atoms with Crippen LogP contribution >= 0.6 is 0 Å². The normalized spacial score (nSPS) is 11.7. The van der Waals surface area contributed by atoms with E-state index in [0.29, 0.717) is 0 Å². The van der Waals surface area contributed by atoms with E-state index in [1.807, 2.05) is 54.6 Å². The molecule has 2 aromatic rings. The summed E-state index contributed by atoms with van der Waals surface area (Å²) in [4.78, 5) is 22.9. The molecule has 4 nitrogen and oxygen atoms in total. The van der Waals surface area contributed by atoms with E-state index in [9.17, 15) is 9.59 Å². The van der Waals surface area contributed by atoms with Gasteiger partial charge in [0, 0.05) is 0 Å². The molecule has 0 aromatic heterocycles. The Hall–Kier alpha value is -2.62. The molecule has 0 bridgehead atoms. The van der Waals surface area contributed by atoms with Crippen LogP contribution in [0.1, 0.15) is 12.5 Å². The van der Waals surface area contributed by atoms with E-state index >= 15 is 0 Å². The molecule has 22 heavy (non-hydrogen) atoms. The first-order valence-electron chi connectivity index (χ1n) is 7.15. The summed E-state index contributed by atoms with van der Waals surface area (Å²) in [5.74, 6) is -3.02. The molecule has 0 aliphatic rings. The second kappa shape index (κ2) is 7.41. The number of hydrogen-bond acceptors (Lipinski definition) is 3. The van der Waals surface area contributed by atoms with Crippen LogP contribution in [0.15, 0.2) is 54.6 Å². The lowest BCUT2D eigenvalue weighted by molar-refractivity contribution is -0.158. The number of carbonyl (C=O) groups is 2. The van der Waals surface area contributed by atoms with Crippen molar-refractivity contribution in [3.8, 4) is 11.1 Å². The van der Waals surface area contributed by atoms with Crippen molar-refractivity contribution in [3.05, 3.63) is 60.2 Å². The lowest BCUT2D eigenvalue weighted by Gasteiger charge is -2.11. The van der Waals surface area contributed by atoms with E-state index < -0.39 is 17.9 Å². The number of benzene rings is 2. The minimum atomic E-state index is -1.16. The monoisotopic (exact) mass is 298 g/mol. The summed E-state index contributed by atoms with van der Waals surface area (Å²) >= 11 is 0. The maximum atomic E-state index is 11.7. The number of ether oxygens (including phenoxy) is 1. The zero-order valence-corrected chi connectivity index (χ0v) is 12.4. The molecule has 4 heteroatoms. The van der Waals surface area contributed by atoms with Crippen LogP contribution in [0.25, 0.3) is 11.1 Å². The summed E-state index contributed by atoms with van der Waals surface area (Å²) in [5.41, 5.74) is 2.93. The topological polar surface area (TPSA) is 63.6 Å². The fraction of sp³-hybridized carbons (Fsp3) is 0.222. The standard InChI is InChI=1S/C18H18O4/c1-2-22-18(21)16(17(19)20)12-13-8-10-15(11-9-13)14-6-4-3-5-7-14/h3-11,16H,2,12H2,1H3,(H,19,20)/t16-/m0/s1. The smallest absolute Gasteiger partial charge is 0.320 e. The summed E-state index contributed by atoms with van der Waals surface area (Å²) in [6.07, 6.45) is 0.128. The lowest BCUT2D eigenvalue weighted by Crippen LogP contribution is -2.27. The molecule has 1 N–H and O–H groups in total. The van der Waals surface area contributed by atoms with Gasteiger partial charge in [-0.3, -0.25) is 9.59 Å². The Balaban J connectivity index is 2.13. The van der Waals surface area contributed by atoms with Crippen LogP contribution in [0, 0.1) is 5.92 Å². The molecule has 0 amide bonds. The highest BCUT2D eigenvalue weighted by molar-refractivity contribution is 5.94. The summed E-state index contributed by atoms with van der Waals surface area (Å²) in [7, 11) is 0. The van der Waals surface area contributed by atoms with Crippen molar-refractivity contribution in [1.82, 2.24) is 0 Å². The molecule has 0 unspecified atom stereocenters. The molecule has 0 saturated heterocycles. The van der Waals surface area contributed by atoms with Gasteiger partial charge in [-0.2, -0.15) is 0 Å². The van der Waals surface area contributed by atoms with Crippen LogP contribution in [0.4, 0.5) is 0 Å². The van der Waals surface area contributed by atoms with E-state index in [4.69, 9.17) is 9.84 Å². The summed E-state index contributed by atoms with van der Waals surface area (Å²) < 4.78 is 4.81. The number of rotatable bonds is 6. The predicted molar refractivity (Wildman–Crippen MR) is 83.3 cm³/mol. The SMILES string of the molecule is CCOC(=O)[C@@H](Cc1ccc(-c2ccccc2)cc1)C(=O)O. The van der Waals surface area contributed by atoms with E-state index in [0.717, 1.165) is 16.7 Å². The average molecular weight is 298 g/mol. The van der Waals surface area contributed by atoms with Crippen LogP contribution in [-0.4, -0.2) is 23.7 Å². The minimum Gasteiger partial charge on any atom is -0.481 e. The van der Waals surface area contributed by atoms with Gasteiger partial charge in [-0.15, -0.1) is 0 Å². The van der Waals surface area contributed by atoms with Gasteiger partial charge in [-0.05, 0) is 30.0 Å². The first kappa shape index (κ1) is 15.8. The number of carbonyl (C=O) groups excluding carboxylic acids is 1. The highest BCUT2D eigenvalue weighted by atomic mass is 16.5. The number of aliphatic carboxylic acids is 1. The van der Waals surface area contributed by atoms with Gasteiger partial charge < -0.3 is 9.84 Å². The molecule has 0 radical (unpaired) electrons. The maximum absolute atomic E-state index is 11.7. The number of hydrogen-bond donors (Lipinski definition) is 1. The summed E-state index contributed by atoms with van der Waals surface area (Å²) in [5, 5.41) is 9.16. The largest absolute Gasteiger partial charge is 0.481 e. The van der Waals surface area contributed by atoms with Gasteiger partial charge in [-0.1, -0.05) is 54.6 Å². The highest BCUT2D eigenvalue weighted by Gasteiger charge is 2.27. The van der Waals surface area contributed by atoms with Gasteiger partial charge in [0.05, 0.1) is 6.61 Å². The van der Waals surface area contributed by atoms with Gasteiger partial charge in [0.2, 0.25) is 0 Å². The molecule has 1 atom stereocenters. The first-order chi connectivity index (χ1) is 10.6. The van der Waals surface area contributed by atoms with Crippen molar-refractivity contribution in [2.45, 2.75) is 13.3 Å². The molecule has 2 rings (SSSR count). The zero-order chi connectivity index (χ0) is 15.9. The van der Waals surface area contributed by atoms with Gasteiger partial charge in [0.1, 0.15) is 0 Å². The molecular weight excluding hydrogens is 280 g/mol. The Kier molecular flexibility index (Phi) is 5.31. The Labute approximate surface area is 129 Å². The van der Waals surface area contributed by atoms with Crippen LogP contribution in [-0.2, 0) is 20.7 Å². The third-order valence-corrected chi connectivity index (χ3v) is 3.37. The lowest BCUT2D eigenvalue weighted by atomic mass is 9.97. The molecule has 0 saturated carbocycles. The molecule has 0 heterocycles. The highest BCUT2D eigenvalue weighted by Crippen LogP contribution is 2.20. The van der Waals surface area contributed by atoms with Crippen LogP contribution < -0.4 is 0 Å². The van der Waals surface area contributed by atoms with E-state index in [1.165, 1.54) is 0 Å². The molecule has 0 spiro atoms. The van der Waals surface area contributed by atoms with E-state index in [1.54, 1.807) is 6.92 Å². The van der Waals surface area contributed by atoms with Crippen molar-refractivity contribution in [3.63, 3.8) is 0 Å². The summed E-state index contributed by atoms with van der Waals surface area (Å²) in [6.45, 7) is 1.83. The molecular formula is C18H18O4. The van der Waals surface area contributed by atoms with Gasteiger partial charge in [0.15, 0.2) is 5.92 Å². The number of esters is 1. The van der Waals surface area contributed by atoms with Crippen LogP contribution in [0.2, 0.25) is 0 Å². The van der Waals surface area contributed by atoms with Crippen molar-refractivity contribution in [2.75, 3.05) is 6.61 Å². The zero-order valence-electron chi connectivity index (χ0n) is 12.4. The second-order valence-electron chi connectivity index (χ2n) is 4.91. The van der Waals surface area contributed by atoms with Crippen LogP contribution in [0.5, 0.6) is 0 Å². The molecule has 114 valence electrons. The molecule has 0 aliphatic heterocycles.